The average molecular weight is 437 g/mol. The van der Waals surface area contributed by atoms with Gasteiger partial charge in [-0.15, -0.1) is 0 Å². The third kappa shape index (κ3) is 8.16. The molecule has 1 aromatic carbocycles. The predicted molar refractivity (Wildman–Crippen MR) is 112 cm³/mol. The Morgan fingerprint density at radius 3 is 2.68 bits per heavy atom. The SMILES string of the molecule is CCCCC[C@H](CN(O)C=O)C(=O)NNC(=O)c1ccc(O)c(CN2CCOCC2)c1. The number of hydrogen-bond acceptors (Lipinski definition) is 7. The van der Waals surface area contributed by atoms with Gasteiger partial charge in [0, 0.05) is 30.8 Å². The van der Waals surface area contributed by atoms with Crippen molar-refractivity contribution in [3.63, 3.8) is 0 Å². The molecule has 1 heterocycles. The van der Waals surface area contributed by atoms with E-state index < -0.39 is 17.7 Å². The zero-order valence-electron chi connectivity index (χ0n) is 17.9. The standard InChI is InChI=1S/C21H32N4O6/c1-2-3-4-5-17(14-25(30)15-26)21(29)23-22-20(28)16-6-7-19(27)18(12-16)13-24-8-10-31-11-9-24/h6-7,12,15,17,27,30H,2-5,8-11,13-14H2,1H3,(H,22,28)(H,23,29)/t17-/m1/s1. The molecular weight excluding hydrogens is 404 g/mol. The Bertz CT molecular complexity index is 739. The van der Waals surface area contributed by atoms with Crippen LogP contribution in [0.4, 0.5) is 0 Å². The summed E-state index contributed by atoms with van der Waals surface area (Å²) < 4.78 is 5.32. The maximum atomic E-state index is 12.5. The van der Waals surface area contributed by atoms with Gasteiger partial charge in [0.05, 0.1) is 25.7 Å². The van der Waals surface area contributed by atoms with Crippen LogP contribution in [-0.4, -0.2) is 71.3 Å². The van der Waals surface area contributed by atoms with Crippen LogP contribution in [0.1, 0.15) is 48.5 Å². The van der Waals surface area contributed by atoms with Crippen molar-refractivity contribution in [2.24, 2.45) is 5.92 Å². The first-order valence-corrected chi connectivity index (χ1v) is 10.6. The highest BCUT2D eigenvalue weighted by Gasteiger charge is 2.22. The smallest absolute Gasteiger partial charge is 0.269 e. The van der Waals surface area contributed by atoms with Gasteiger partial charge >= 0.3 is 0 Å². The number of aromatic hydroxyl groups is 1. The number of unbranched alkanes of at least 4 members (excludes halogenated alkanes) is 2. The zero-order chi connectivity index (χ0) is 22.6. The van der Waals surface area contributed by atoms with Crippen LogP contribution in [0.3, 0.4) is 0 Å². The lowest BCUT2D eigenvalue weighted by atomic mass is 10.0. The molecule has 1 aliphatic heterocycles. The summed E-state index contributed by atoms with van der Waals surface area (Å²) in [5.74, 6) is -1.57. The summed E-state index contributed by atoms with van der Waals surface area (Å²) in [7, 11) is 0. The lowest BCUT2D eigenvalue weighted by molar-refractivity contribution is -0.154. The summed E-state index contributed by atoms with van der Waals surface area (Å²) in [5, 5.41) is 20.0. The first-order valence-electron chi connectivity index (χ1n) is 10.6. The molecule has 10 nitrogen and oxygen atoms in total. The number of hydrogen-bond donors (Lipinski definition) is 4. The van der Waals surface area contributed by atoms with Crippen LogP contribution in [0.5, 0.6) is 5.75 Å². The molecule has 4 N–H and O–H groups in total. The number of rotatable bonds is 11. The van der Waals surface area contributed by atoms with Crippen molar-refractivity contribution in [1.82, 2.24) is 20.8 Å². The van der Waals surface area contributed by atoms with E-state index in [1.807, 2.05) is 6.92 Å². The summed E-state index contributed by atoms with van der Waals surface area (Å²) in [6.45, 7) is 5.10. The number of morpholine rings is 1. The third-order valence-corrected chi connectivity index (χ3v) is 5.19. The van der Waals surface area contributed by atoms with Crippen LogP contribution in [0.15, 0.2) is 18.2 Å². The quantitative estimate of drug-likeness (QED) is 0.176. The summed E-state index contributed by atoms with van der Waals surface area (Å²) in [4.78, 5) is 37.8. The molecule has 1 aliphatic rings. The Morgan fingerprint density at radius 1 is 1.26 bits per heavy atom. The van der Waals surface area contributed by atoms with Crippen molar-refractivity contribution < 1.29 is 29.4 Å². The molecule has 0 radical (unpaired) electrons. The molecule has 1 atom stereocenters. The number of hydroxylamine groups is 2. The molecule has 3 amide bonds. The Morgan fingerprint density at radius 2 is 2.00 bits per heavy atom. The average Bonchev–Trinajstić information content (AvgIpc) is 2.78. The third-order valence-electron chi connectivity index (χ3n) is 5.19. The topological polar surface area (TPSA) is 131 Å². The minimum Gasteiger partial charge on any atom is -0.508 e. The lowest BCUT2D eigenvalue weighted by Gasteiger charge is -2.27. The van der Waals surface area contributed by atoms with E-state index in [4.69, 9.17) is 4.74 Å². The maximum absolute atomic E-state index is 12.5. The number of ether oxygens (including phenoxy) is 1. The van der Waals surface area contributed by atoms with Crippen molar-refractivity contribution in [2.75, 3.05) is 32.8 Å². The monoisotopic (exact) mass is 436 g/mol. The van der Waals surface area contributed by atoms with E-state index in [0.29, 0.717) is 42.4 Å². The molecule has 0 spiro atoms. The summed E-state index contributed by atoms with van der Waals surface area (Å²) in [6, 6.07) is 4.51. The summed E-state index contributed by atoms with van der Waals surface area (Å²) in [6.07, 6.45) is 3.36. The molecule has 1 saturated heterocycles. The van der Waals surface area contributed by atoms with Crippen molar-refractivity contribution in [3.8, 4) is 5.75 Å². The number of phenolic OH excluding ortho intramolecular Hbond substituents is 1. The number of nitrogens with one attached hydrogen (secondary N) is 2. The number of benzene rings is 1. The second-order valence-corrected chi connectivity index (χ2v) is 7.60. The van der Waals surface area contributed by atoms with Crippen molar-refractivity contribution in [2.45, 2.75) is 39.2 Å². The summed E-state index contributed by atoms with van der Waals surface area (Å²) >= 11 is 0. The van der Waals surface area contributed by atoms with E-state index in [9.17, 15) is 24.7 Å². The van der Waals surface area contributed by atoms with Gasteiger partial charge in [-0.25, -0.2) is 5.06 Å². The van der Waals surface area contributed by atoms with E-state index >= 15 is 0 Å². The van der Waals surface area contributed by atoms with E-state index in [2.05, 4.69) is 15.8 Å². The van der Waals surface area contributed by atoms with Gasteiger partial charge < -0.3 is 9.84 Å². The minimum atomic E-state index is -0.654. The fraction of sp³-hybridized carbons (Fsp3) is 0.571. The van der Waals surface area contributed by atoms with E-state index in [1.54, 1.807) is 6.07 Å². The largest absolute Gasteiger partial charge is 0.508 e. The number of carbonyl (C=O) groups excluding carboxylic acids is 3. The molecule has 0 bridgehead atoms. The first kappa shape index (κ1) is 24.6. The lowest BCUT2D eigenvalue weighted by Crippen LogP contribution is -2.46. The molecule has 1 fully saturated rings. The van der Waals surface area contributed by atoms with E-state index in [1.165, 1.54) is 12.1 Å². The van der Waals surface area contributed by atoms with Crippen molar-refractivity contribution in [3.05, 3.63) is 29.3 Å². The Kier molecular flexibility index (Phi) is 10.2. The van der Waals surface area contributed by atoms with Gasteiger partial charge in [0.2, 0.25) is 12.3 Å². The number of hydrazine groups is 1. The van der Waals surface area contributed by atoms with Crippen LogP contribution < -0.4 is 10.9 Å². The van der Waals surface area contributed by atoms with Gasteiger partial charge in [0.25, 0.3) is 5.91 Å². The highest BCUT2D eigenvalue weighted by Crippen LogP contribution is 2.21. The molecule has 172 valence electrons. The summed E-state index contributed by atoms with van der Waals surface area (Å²) in [5.41, 5.74) is 5.64. The molecule has 1 aromatic rings. The molecule has 2 rings (SSSR count). The predicted octanol–water partition coefficient (Wildman–Crippen LogP) is 1.03. The fourth-order valence-corrected chi connectivity index (χ4v) is 3.36. The van der Waals surface area contributed by atoms with Crippen LogP contribution >= 0.6 is 0 Å². The van der Waals surface area contributed by atoms with Gasteiger partial charge in [0.15, 0.2) is 0 Å². The number of phenols is 1. The Labute approximate surface area is 182 Å². The van der Waals surface area contributed by atoms with Crippen LogP contribution in [-0.2, 0) is 20.9 Å². The Balaban J connectivity index is 1.95. The molecule has 10 heteroatoms. The molecular formula is C21H32N4O6. The normalized spacial score (nSPS) is 15.2. The highest BCUT2D eigenvalue weighted by atomic mass is 16.5. The molecule has 0 saturated carbocycles. The van der Waals surface area contributed by atoms with Crippen LogP contribution in [0.25, 0.3) is 0 Å². The van der Waals surface area contributed by atoms with Gasteiger partial charge in [-0.2, -0.15) is 0 Å². The van der Waals surface area contributed by atoms with Crippen LogP contribution in [0.2, 0.25) is 0 Å². The zero-order valence-corrected chi connectivity index (χ0v) is 17.9. The minimum absolute atomic E-state index is 0.0972. The first-order chi connectivity index (χ1) is 14.9. The van der Waals surface area contributed by atoms with Crippen molar-refractivity contribution >= 4 is 18.2 Å². The maximum Gasteiger partial charge on any atom is 0.269 e. The second-order valence-electron chi connectivity index (χ2n) is 7.60. The van der Waals surface area contributed by atoms with Crippen LogP contribution in [0, 0.1) is 5.92 Å². The van der Waals surface area contributed by atoms with Crippen molar-refractivity contribution in [1.29, 1.82) is 0 Å². The molecule has 0 aliphatic carbocycles. The number of amides is 3. The second kappa shape index (κ2) is 12.9. The van der Waals surface area contributed by atoms with Gasteiger partial charge in [-0.3, -0.25) is 35.3 Å². The van der Waals surface area contributed by atoms with E-state index in [0.717, 1.165) is 32.4 Å². The molecule has 31 heavy (non-hydrogen) atoms. The Hall–Kier alpha value is -2.69. The number of carbonyl (C=O) groups is 3. The van der Waals surface area contributed by atoms with Gasteiger partial charge in [-0.1, -0.05) is 26.2 Å². The van der Waals surface area contributed by atoms with Gasteiger partial charge in [-0.05, 0) is 24.6 Å². The van der Waals surface area contributed by atoms with E-state index in [-0.39, 0.29) is 18.7 Å². The molecule has 0 aromatic heterocycles. The fourth-order valence-electron chi connectivity index (χ4n) is 3.36. The van der Waals surface area contributed by atoms with Gasteiger partial charge in [0.1, 0.15) is 5.75 Å². The number of nitrogens with zero attached hydrogens (tertiary/aromatic N) is 2. The highest BCUT2D eigenvalue weighted by molar-refractivity contribution is 5.96. The molecule has 0 unspecified atom stereocenters.